The van der Waals surface area contributed by atoms with Crippen molar-refractivity contribution in [3.8, 4) is 0 Å². The Bertz CT molecular complexity index is 523. The summed E-state index contributed by atoms with van der Waals surface area (Å²) in [6, 6.07) is 9.67. The van der Waals surface area contributed by atoms with Gasteiger partial charge >= 0.3 is 0 Å². The van der Waals surface area contributed by atoms with E-state index in [4.69, 9.17) is 0 Å². The van der Waals surface area contributed by atoms with Crippen molar-refractivity contribution in [2.45, 2.75) is 45.7 Å². The van der Waals surface area contributed by atoms with E-state index in [1.807, 2.05) is 44.2 Å². The fourth-order valence-electron chi connectivity index (χ4n) is 2.86. The van der Waals surface area contributed by atoms with Crippen LogP contribution in [-0.4, -0.2) is 34.8 Å². The standard InChI is InChI=1S/C17H24N2O2/c1-12(2)14-15(20)18-17(3,4)16(21)19(14)11-10-13-8-6-5-7-9-13/h5-9,12,14H,10-11H2,1-4H3,(H,18,20). The molecule has 0 radical (unpaired) electrons. The molecule has 1 fully saturated rings. The number of hydrogen-bond acceptors (Lipinski definition) is 2. The van der Waals surface area contributed by atoms with E-state index >= 15 is 0 Å². The minimum Gasteiger partial charge on any atom is -0.340 e. The topological polar surface area (TPSA) is 49.4 Å². The lowest BCUT2D eigenvalue weighted by Crippen LogP contribution is -2.69. The van der Waals surface area contributed by atoms with Crippen molar-refractivity contribution in [2.24, 2.45) is 5.92 Å². The third kappa shape index (κ3) is 3.26. The fourth-order valence-corrected chi connectivity index (χ4v) is 2.86. The second-order valence-corrected chi connectivity index (χ2v) is 6.54. The van der Waals surface area contributed by atoms with Gasteiger partial charge in [-0.2, -0.15) is 0 Å². The Labute approximate surface area is 126 Å². The van der Waals surface area contributed by atoms with Crippen molar-refractivity contribution in [1.29, 1.82) is 0 Å². The zero-order valence-corrected chi connectivity index (χ0v) is 13.2. The van der Waals surface area contributed by atoms with E-state index in [0.717, 1.165) is 6.42 Å². The lowest BCUT2D eigenvalue weighted by Gasteiger charge is -2.44. The summed E-state index contributed by atoms with van der Waals surface area (Å²) >= 11 is 0. The van der Waals surface area contributed by atoms with Crippen LogP contribution < -0.4 is 5.32 Å². The molecule has 1 N–H and O–H groups in total. The Morgan fingerprint density at radius 1 is 1.19 bits per heavy atom. The van der Waals surface area contributed by atoms with Gasteiger partial charge in [-0.3, -0.25) is 9.59 Å². The maximum Gasteiger partial charge on any atom is 0.248 e. The first-order valence-corrected chi connectivity index (χ1v) is 7.50. The molecule has 0 spiro atoms. The van der Waals surface area contributed by atoms with Crippen molar-refractivity contribution in [1.82, 2.24) is 10.2 Å². The summed E-state index contributed by atoms with van der Waals surface area (Å²) in [5.74, 6) is 0.0419. The molecule has 114 valence electrons. The molecule has 1 aliphatic rings. The van der Waals surface area contributed by atoms with Crippen molar-refractivity contribution < 1.29 is 9.59 Å². The average molecular weight is 288 g/mol. The maximum atomic E-state index is 12.6. The average Bonchev–Trinajstić information content (AvgIpc) is 2.41. The Morgan fingerprint density at radius 3 is 2.38 bits per heavy atom. The van der Waals surface area contributed by atoms with Crippen LogP contribution in [0.25, 0.3) is 0 Å². The summed E-state index contributed by atoms with van der Waals surface area (Å²) in [5, 5.41) is 2.83. The fraction of sp³-hybridized carbons (Fsp3) is 0.529. The predicted molar refractivity (Wildman–Crippen MR) is 82.7 cm³/mol. The minimum atomic E-state index is -0.820. The van der Waals surface area contributed by atoms with Gasteiger partial charge in [-0.25, -0.2) is 0 Å². The highest BCUT2D eigenvalue weighted by atomic mass is 16.2. The van der Waals surface area contributed by atoms with Crippen LogP contribution in [-0.2, 0) is 16.0 Å². The molecule has 21 heavy (non-hydrogen) atoms. The predicted octanol–water partition coefficient (Wildman–Crippen LogP) is 1.99. The number of rotatable bonds is 4. The van der Waals surface area contributed by atoms with Gasteiger partial charge in [-0.1, -0.05) is 44.2 Å². The van der Waals surface area contributed by atoms with Crippen LogP contribution in [0.15, 0.2) is 30.3 Å². The molecule has 1 aromatic carbocycles. The first-order chi connectivity index (χ1) is 9.83. The molecule has 2 rings (SSSR count). The number of amides is 2. The van der Waals surface area contributed by atoms with Gasteiger partial charge in [-0.05, 0) is 31.7 Å². The molecule has 4 nitrogen and oxygen atoms in total. The third-order valence-electron chi connectivity index (χ3n) is 3.95. The van der Waals surface area contributed by atoms with E-state index in [0.29, 0.717) is 6.54 Å². The monoisotopic (exact) mass is 288 g/mol. The van der Waals surface area contributed by atoms with Gasteiger partial charge in [0.1, 0.15) is 11.6 Å². The number of piperazine rings is 1. The summed E-state index contributed by atoms with van der Waals surface area (Å²) in [5.41, 5.74) is 0.357. The Kier molecular flexibility index (Phi) is 4.35. The van der Waals surface area contributed by atoms with Gasteiger partial charge in [0.05, 0.1) is 0 Å². The molecule has 4 heteroatoms. The first kappa shape index (κ1) is 15.5. The van der Waals surface area contributed by atoms with Gasteiger partial charge in [0, 0.05) is 6.54 Å². The number of hydrogen-bond donors (Lipinski definition) is 1. The van der Waals surface area contributed by atoms with Gasteiger partial charge in [0.15, 0.2) is 0 Å². The number of nitrogens with zero attached hydrogens (tertiary/aromatic N) is 1. The van der Waals surface area contributed by atoms with Gasteiger partial charge in [-0.15, -0.1) is 0 Å². The van der Waals surface area contributed by atoms with E-state index in [-0.39, 0.29) is 23.8 Å². The van der Waals surface area contributed by atoms with Gasteiger partial charge in [0.2, 0.25) is 11.8 Å². The SMILES string of the molecule is CC(C)C1C(=O)NC(C)(C)C(=O)N1CCc1ccccc1. The molecular weight excluding hydrogens is 264 g/mol. The van der Waals surface area contributed by atoms with E-state index in [9.17, 15) is 9.59 Å². The highest BCUT2D eigenvalue weighted by molar-refractivity contribution is 5.99. The van der Waals surface area contributed by atoms with Crippen LogP contribution in [0, 0.1) is 5.92 Å². The Hall–Kier alpha value is -1.84. The molecule has 1 aromatic rings. The molecule has 0 bridgehead atoms. The third-order valence-corrected chi connectivity index (χ3v) is 3.95. The van der Waals surface area contributed by atoms with E-state index in [2.05, 4.69) is 5.32 Å². The van der Waals surface area contributed by atoms with E-state index in [1.165, 1.54) is 5.56 Å². The molecular formula is C17H24N2O2. The van der Waals surface area contributed by atoms with Crippen LogP contribution in [0.3, 0.4) is 0 Å². The van der Waals surface area contributed by atoms with Gasteiger partial charge in [0.25, 0.3) is 0 Å². The van der Waals surface area contributed by atoms with E-state index in [1.54, 1.807) is 18.7 Å². The van der Waals surface area contributed by atoms with Crippen LogP contribution in [0.1, 0.15) is 33.3 Å². The van der Waals surface area contributed by atoms with Crippen molar-refractivity contribution in [3.05, 3.63) is 35.9 Å². The summed E-state index contributed by atoms with van der Waals surface area (Å²) in [4.78, 5) is 26.7. The van der Waals surface area contributed by atoms with Crippen molar-refractivity contribution in [3.63, 3.8) is 0 Å². The number of benzene rings is 1. The summed E-state index contributed by atoms with van der Waals surface area (Å²) < 4.78 is 0. The summed E-state index contributed by atoms with van der Waals surface area (Å²) in [6.45, 7) is 8.05. The maximum absolute atomic E-state index is 12.6. The first-order valence-electron chi connectivity index (χ1n) is 7.50. The van der Waals surface area contributed by atoms with Crippen molar-refractivity contribution in [2.75, 3.05) is 6.54 Å². The van der Waals surface area contributed by atoms with E-state index < -0.39 is 5.54 Å². The van der Waals surface area contributed by atoms with Crippen molar-refractivity contribution >= 4 is 11.8 Å². The Balaban J connectivity index is 2.18. The quantitative estimate of drug-likeness (QED) is 0.921. The zero-order valence-electron chi connectivity index (χ0n) is 13.2. The Morgan fingerprint density at radius 2 is 1.81 bits per heavy atom. The van der Waals surface area contributed by atoms with Crippen LogP contribution >= 0.6 is 0 Å². The molecule has 0 saturated carbocycles. The summed E-state index contributed by atoms with van der Waals surface area (Å²) in [6.07, 6.45) is 0.763. The molecule has 1 atom stereocenters. The minimum absolute atomic E-state index is 0.00303. The molecule has 0 aromatic heterocycles. The van der Waals surface area contributed by atoms with Crippen LogP contribution in [0.4, 0.5) is 0 Å². The number of nitrogens with one attached hydrogen (secondary N) is 1. The molecule has 1 aliphatic heterocycles. The van der Waals surface area contributed by atoms with Crippen LogP contribution in [0.5, 0.6) is 0 Å². The molecule has 1 unspecified atom stereocenters. The lowest BCUT2D eigenvalue weighted by atomic mass is 9.91. The second kappa shape index (κ2) is 5.88. The molecule has 1 saturated heterocycles. The molecule has 1 heterocycles. The molecule has 0 aliphatic carbocycles. The smallest absolute Gasteiger partial charge is 0.248 e. The van der Waals surface area contributed by atoms with Gasteiger partial charge < -0.3 is 10.2 Å². The number of carbonyl (C=O) groups is 2. The normalized spacial score (nSPS) is 21.6. The highest BCUT2D eigenvalue weighted by Crippen LogP contribution is 2.23. The second-order valence-electron chi connectivity index (χ2n) is 6.54. The lowest BCUT2D eigenvalue weighted by molar-refractivity contribution is -0.155. The number of carbonyl (C=O) groups excluding carboxylic acids is 2. The largest absolute Gasteiger partial charge is 0.340 e. The zero-order chi connectivity index (χ0) is 15.6. The summed E-state index contributed by atoms with van der Waals surface area (Å²) in [7, 11) is 0. The highest BCUT2D eigenvalue weighted by Gasteiger charge is 2.45. The van der Waals surface area contributed by atoms with Crippen LogP contribution in [0.2, 0.25) is 0 Å². The molecule has 2 amide bonds.